The van der Waals surface area contributed by atoms with Crippen molar-refractivity contribution >= 4 is 23.9 Å². The molecule has 3 aliphatic heterocycles. The summed E-state index contributed by atoms with van der Waals surface area (Å²) in [6.07, 6.45) is 1.09. The van der Waals surface area contributed by atoms with E-state index in [-0.39, 0.29) is 30.2 Å². The lowest BCUT2D eigenvalue weighted by Crippen LogP contribution is -2.56. The van der Waals surface area contributed by atoms with Crippen LogP contribution in [0.4, 0.5) is 18.4 Å². The molecule has 0 bridgehead atoms. The fourth-order valence-electron chi connectivity index (χ4n) is 4.91. The van der Waals surface area contributed by atoms with Crippen LogP contribution in [0, 0.1) is 17.6 Å². The number of likely N-dealkylation sites (N-methyl/N-ethyl adjacent to an activating group) is 1. The largest absolute Gasteiger partial charge is 0.337 e. The molecule has 3 aliphatic rings. The highest BCUT2D eigenvalue weighted by Gasteiger charge is 2.49. The molecule has 0 spiro atoms. The van der Waals surface area contributed by atoms with Crippen molar-refractivity contribution in [2.24, 2.45) is 5.92 Å². The highest BCUT2D eigenvalue weighted by molar-refractivity contribution is 6.07. The van der Waals surface area contributed by atoms with E-state index in [0.717, 1.165) is 12.1 Å². The van der Waals surface area contributed by atoms with E-state index in [9.17, 15) is 28.0 Å². The van der Waals surface area contributed by atoms with E-state index < -0.39 is 35.3 Å². The molecule has 11 heteroatoms. The number of hydrogen-bond acceptors (Lipinski definition) is 4. The van der Waals surface area contributed by atoms with Crippen LogP contribution in [0.2, 0.25) is 0 Å². The average molecular weight is 449 g/mol. The summed E-state index contributed by atoms with van der Waals surface area (Å²) in [5.41, 5.74) is -0.602. The summed E-state index contributed by atoms with van der Waals surface area (Å²) in [7, 11) is 1.56. The SMILES string of the molecule is CN1C(=O)C[C@H](NC(=O)N2CCC(C3(C)NC(=O)NC3=O)CC2)[C@H]1c1ccc(F)c(F)c1. The van der Waals surface area contributed by atoms with Gasteiger partial charge in [-0.05, 0) is 43.4 Å². The summed E-state index contributed by atoms with van der Waals surface area (Å²) in [4.78, 5) is 51.9. The lowest BCUT2D eigenvalue weighted by molar-refractivity contribution is -0.128. The van der Waals surface area contributed by atoms with Gasteiger partial charge in [-0.3, -0.25) is 14.9 Å². The second-order valence-electron chi connectivity index (χ2n) is 8.76. The second kappa shape index (κ2) is 8.03. The quantitative estimate of drug-likeness (QED) is 0.604. The van der Waals surface area contributed by atoms with Crippen molar-refractivity contribution in [3.05, 3.63) is 35.4 Å². The van der Waals surface area contributed by atoms with Gasteiger partial charge >= 0.3 is 12.1 Å². The van der Waals surface area contributed by atoms with Crippen LogP contribution in [0.25, 0.3) is 0 Å². The zero-order valence-corrected chi connectivity index (χ0v) is 17.8. The molecule has 0 saturated carbocycles. The smallest absolute Gasteiger partial charge is 0.322 e. The van der Waals surface area contributed by atoms with E-state index in [4.69, 9.17) is 0 Å². The maximum atomic E-state index is 13.8. The molecule has 1 unspecified atom stereocenters. The first-order valence-electron chi connectivity index (χ1n) is 10.5. The van der Waals surface area contributed by atoms with Gasteiger partial charge in [0.05, 0.1) is 12.1 Å². The van der Waals surface area contributed by atoms with E-state index in [1.54, 1.807) is 18.9 Å². The number of urea groups is 2. The molecule has 3 heterocycles. The molecule has 3 N–H and O–H groups in total. The summed E-state index contributed by atoms with van der Waals surface area (Å²) < 4.78 is 27.1. The number of likely N-dealkylation sites (tertiary alicyclic amines) is 2. The number of benzene rings is 1. The second-order valence-corrected chi connectivity index (χ2v) is 8.76. The average Bonchev–Trinajstić information content (AvgIpc) is 3.18. The van der Waals surface area contributed by atoms with E-state index in [1.165, 1.54) is 11.0 Å². The summed E-state index contributed by atoms with van der Waals surface area (Å²) in [5, 5.41) is 7.79. The van der Waals surface area contributed by atoms with Crippen LogP contribution in [0.5, 0.6) is 0 Å². The molecule has 0 radical (unpaired) electrons. The number of rotatable bonds is 3. The Morgan fingerprint density at radius 3 is 2.44 bits per heavy atom. The minimum atomic E-state index is -1.01. The van der Waals surface area contributed by atoms with Crippen molar-refractivity contribution in [3.63, 3.8) is 0 Å². The van der Waals surface area contributed by atoms with Gasteiger partial charge in [-0.25, -0.2) is 18.4 Å². The molecule has 1 aromatic rings. The number of amides is 6. The number of carbonyl (C=O) groups excluding carboxylic acids is 4. The molecule has 0 aliphatic carbocycles. The molecule has 4 rings (SSSR count). The first kappa shape index (κ1) is 22.0. The standard InChI is InChI=1S/C21H25F2N5O4/c1-21(18(30)25-19(31)26-21)12-5-7-28(8-6-12)20(32)24-15-10-16(29)27(2)17(15)11-3-4-13(22)14(23)9-11/h3-4,9,12,15,17H,5-8,10H2,1-2H3,(H,24,32)(H2,25,26,30,31)/t15-,17+,21?/m0/s1. The molecule has 3 fully saturated rings. The lowest BCUT2D eigenvalue weighted by atomic mass is 9.79. The number of piperidine rings is 1. The minimum absolute atomic E-state index is 0.0483. The van der Waals surface area contributed by atoms with Crippen molar-refractivity contribution < 1.29 is 28.0 Å². The van der Waals surface area contributed by atoms with Crippen molar-refractivity contribution in [2.45, 2.75) is 43.8 Å². The zero-order chi connectivity index (χ0) is 23.2. The van der Waals surface area contributed by atoms with Gasteiger partial charge in [0.25, 0.3) is 5.91 Å². The maximum absolute atomic E-state index is 13.8. The van der Waals surface area contributed by atoms with Crippen LogP contribution in [0.1, 0.15) is 37.8 Å². The molecule has 32 heavy (non-hydrogen) atoms. The van der Waals surface area contributed by atoms with Crippen molar-refractivity contribution in [2.75, 3.05) is 20.1 Å². The summed E-state index contributed by atoms with van der Waals surface area (Å²) in [5.74, 6) is -2.69. The van der Waals surface area contributed by atoms with Crippen LogP contribution in [-0.4, -0.2) is 65.4 Å². The first-order valence-corrected chi connectivity index (χ1v) is 10.5. The Morgan fingerprint density at radius 2 is 1.84 bits per heavy atom. The number of carbonyl (C=O) groups is 4. The molecule has 1 aromatic carbocycles. The number of halogens is 2. The van der Waals surface area contributed by atoms with Gasteiger partial charge in [-0.1, -0.05) is 6.07 Å². The Balaban J connectivity index is 1.41. The molecule has 0 aromatic heterocycles. The van der Waals surface area contributed by atoms with E-state index in [1.807, 2.05) is 0 Å². The monoisotopic (exact) mass is 449 g/mol. The Hall–Kier alpha value is -3.24. The molecular formula is C21H25F2N5O4. The molecule has 9 nitrogen and oxygen atoms in total. The van der Waals surface area contributed by atoms with Gasteiger partial charge < -0.3 is 20.4 Å². The zero-order valence-electron chi connectivity index (χ0n) is 17.8. The molecule has 172 valence electrons. The van der Waals surface area contributed by atoms with Gasteiger partial charge in [-0.15, -0.1) is 0 Å². The Bertz CT molecular complexity index is 981. The first-order chi connectivity index (χ1) is 15.1. The highest BCUT2D eigenvalue weighted by atomic mass is 19.2. The van der Waals surface area contributed by atoms with E-state index in [0.29, 0.717) is 31.5 Å². The van der Waals surface area contributed by atoms with Crippen LogP contribution in [0.3, 0.4) is 0 Å². The maximum Gasteiger partial charge on any atom is 0.322 e. The highest BCUT2D eigenvalue weighted by Crippen LogP contribution is 2.34. The Morgan fingerprint density at radius 1 is 1.16 bits per heavy atom. The Labute approximate surface area is 183 Å². The van der Waals surface area contributed by atoms with Crippen LogP contribution in [0.15, 0.2) is 18.2 Å². The van der Waals surface area contributed by atoms with Gasteiger partial charge in [0.2, 0.25) is 5.91 Å². The van der Waals surface area contributed by atoms with Gasteiger partial charge in [0.15, 0.2) is 11.6 Å². The van der Waals surface area contributed by atoms with Gasteiger partial charge in [-0.2, -0.15) is 0 Å². The molecular weight excluding hydrogens is 424 g/mol. The number of nitrogens with one attached hydrogen (secondary N) is 3. The molecule has 3 saturated heterocycles. The van der Waals surface area contributed by atoms with Crippen LogP contribution in [-0.2, 0) is 9.59 Å². The number of imide groups is 1. The third-order valence-electron chi connectivity index (χ3n) is 6.85. The summed E-state index contributed by atoms with van der Waals surface area (Å²) >= 11 is 0. The summed E-state index contributed by atoms with van der Waals surface area (Å²) in [6, 6.07) is 1.36. The van der Waals surface area contributed by atoms with Crippen molar-refractivity contribution in [1.82, 2.24) is 25.8 Å². The Kier molecular flexibility index (Phi) is 5.51. The van der Waals surface area contributed by atoms with Crippen molar-refractivity contribution in [3.8, 4) is 0 Å². The topological polar surface area (TPSA) is 111 Å². The predicted octanol–water partition coefficient (Wildman–Crippen LogP) is 1.26. The fourth-order valence-corrected chi connectivity index (χ4v) is 4.91. The normalized spacial score (nSPS) is 28.7. The van der Waals surface area contributed by atoms with E-state index in [2.05, 4.69) is 16.0 Å². The van der Waals surface area contributed by atoms with Crippen LogP contribution >= 0.6 is 0 Å². The molecule has 3 atom stereocenters. The number of nitrogens with zero attached hydrogens (tertiary/aromatic N) is 2. The fraction of sp³-hybridized carbons (Fsp3) is 0.524. The van der Waals surface area contributed by atoms with Gasteiger partial charge in [0.1, 0.15) is 5.54 Å². The minimum Gasteiger partial charge on any atom is -0.337 e. The lowest BCUT2D eigenvalue weighted by Gasteiger charge is -2.39. The summed E-state index contributed by atoms with van der Waals surface area (Å²) in [6.45, 7) is 2.43. The number of hydrogen-bond donors (Lipinski definition) is 3. The predicted molar refractivity (Wildman–Crippen MR) is 108 cm³/mol. The van der Waals surface area contributed by atoms with Crippen molar-refractivity contribution in [1.29, 1.82) is 0 Å². The third-order valence-corrected chi connectivity index (χ3v) is 6.85. The van der Waals surface area contributed by atoms with Crippen LogP contribution < -0.4 is 16.0 Å². The van der Waals surface area contributed by atoms with E-state index >= 15 is 0 Å². The molecule has 6 amide bonds. The van der Waals surface area contributed by atoms with Gasteiger partial charge in [0, 0.05) is 26.6 Å². The third kappa shape index (κ3) is 3.76.